The van der Waals surface area contributed by atoms with Crippen molar-refractivity contribution in [3.63, 3.8) is 0 Å². The molecule has 4 nitrogen and oxygen atoms in total. The highest BCUT2D eigenvalue weighted by atomic mass is 32.2. The van der Waals surface area contributed by atoms with Crippen LogP contribution in [0.3, 0.4) is 0 Å². The smallest absolute Gasteiger partial charge is 0.127 e. The quantitative estimate of drug-likeness (QED) is 0.796. The van der Waals surface area contributed by atoms with Gasteiger partial charge in [0, 0.05) is 53.3 Å². The van der Waals surface area contributed by atoms with Crippen LogP contribution in [0.25, 0.3) is 0 Å². The van der Waals surface area contributed by atoms with Crippen LogP contribution in [0.15, 0.2) is 18.3 Å². The predicted molar refractivity (Wildman–Crippen MR) is 70.4 cm³/mol. The standard InChI is InChI=1S/C11H19N3OS/c1-4-12-11-7-10(5-6-13-11)14-8-9(2)16(3)15/h5-7,9H,4,8H2,1-3H3,(H2,12,13,14). The fraction of sp³-hybridized carbons (Fsp3) is 0.545. The molecule has 2 N–H and O–H groups in total. The largest absolute Gasteiger partial charge is 0.384 e. The monoisotopic (exact) mass is 241 g/mol. The number of nitrogens with one attached hydrogen (secondary N) is 2. The van der Waals surface area contributed by atoms with E-state index in [0.29, 0.717) is 6.54 Å². The molecule has 2 atom stereocenters. The number of rotatable bonds is 6. The molecule has 0 aliphatic heterocycles. The summed E-state index contributed by atoms with van der Waals surface area (Å²) >= 11 is 0. The van der Waals surface area contributed by atoms with Crippen molar-refractivity contribution in [3.05, 3.63) is 18.3 Å². The summed E-state index contributed by atoms with van der Waals surface area (Å²) in [5.74, 6) is 0.859. The minimum Gasteiger partial charge on any atom is -0.384 e. The third-order valence-electron chi connectivity index (χ3n) is 2.28. The molecule has 0 amide bonds. The molecular weight excluding hydrogens is 222 g/mol. The van der Waals surface area contributed by atoms with E-state index in [0.717, 1.165) is 18.1 Å². The van der Waals surface area contributed by atoms with Crippen molar-refractivity contribution >= 4 is 22.3 Å². The van der Waals surface area contributed by atoms with E-state index in [-0.39, 0.29) is 5.25 Å². The lowest BCUT2D eigenvalue weighted by Gasteiger charge is -2.11. The van der Waals surface area contributed by atoms with Gasteiger partial charge in [-0.1, -0.05) is 0 Å². The number of nitrogens with zero attached hydrogens (tertiary/aromatic N) is 1. The van der Waals surface area contributed by atoms with E-state index in [1.54, 1.807) is 12.5 Å². The number of hydrogen-bond donors (Lipinski definition) is 2. The normalized spacial score (nSPS) is 14.2. The minimum atomic E-state index is -0.786. The second kappa shape index (κ2) is 6.48. The molecule has 0 fully saturated rings. The maximum absolute atomic E-state index is 11.2. The van der Waals surface area contributed by atoms with Crippen molar-refractivity contribution in [1.29, 1.82) is 0 Å². The lowest BCUT2D eigenvalue weighted by molar-refractivity contribution is 0.679. The van der Waals surface area contributed by atoms with Gasteiger partial charge in [0.2, 0.25) is 0 Å². The zero-order valence-electron chi connectivity index (χ0n) is 9.99. The maximum atomic E-state index is 11.2. The Bertz CT molecular complexity index is 357. The van der Waals surface area contributed by atoms with Gasteiger partial charge < -0.3 is 10.6 Å². The average Bonchev–Trinajstić information content (AvgIpc) is 2.26. The van der Waals surface area contributed by atoms with Crippen LogP contribution in [-0.2, 0) is 10.8 Å². The second-order valence-corrected chi connectivity index (χ2v) is 5.45. The van der Waals surface area contributed by atoms with E-state index in [1.807, 2.05) is 26.0 Å². The molecule has 0 aromatic carbocycles. The number of aromatic nitrogens is 1. The van der Waals surface area contributed by atoms with Crippen LogP contribution in [0.1, 0.15) is 13.8 Å². The van der Waals surface area contributed by atoms with Crippen molar-refractivity contribution in [2.75, 3.05) is 30.0 Å². The van der Waals surface area contributed by atoms with Crippen LogP contribution >= 0.6 is 0 Å². The van der Waals surface area contributed by atoms with Crippen molar-refractivity contribution in [2.45, 2.75) is 19.1 Å². The fourth-order valence-electron chi connectivity index (χ4n) is 1.20. The average molecular weight is 241 g/mol. The van der Waals surface area contributed by atoms with E-state index in [9.17, 15) is 4.21 Å². The Morgan fingerprint density at radius 2 is 2.25 bits per heavy atom. The summed E-state index contributed by atoms with van der Waals surface area (Å²) in [6.07, 6.45) is 3.48. The molecule has 1 heterocycles. The van der Waals surface area contributed by atoms with Crippen LogP contribution in [0.4, 0.5) is 11.5 Å². The Hall–Kier alpha value is -1.10. The van der Waals surface area contributed by atoms with Crippen molar-refractivity contribution < 1.29 is 4.21 Å². The van der Waals surface area contributed by atoms with Gasteiger partial charge >= 0.3 is 0 Å². The van der Waals surface area contributed by atoms with Gasteiger partial charge in [-0.2, -0.15) is 0 Å². The molecule has 0 saturated heterocycles. The molecule has 90 valence electrons. The highest BCUT2D eigenvalue weighted by Crippen LogP contribution is 2.11. The first-order chi connectivity index (χ1) is 7.63. The van der Waals surface area contributed by atoms with Crippen molar-refractivity contribution in [1.82, 2.24) is 4.98 Å². The van der Waals surface area contributed by atoms with Gasteiger partial charge in [-0.25, -0.2) is 4.98 Å². The molecule has 16 heavy (non-hydrogen) atoms. The molecule has 0 spiro atoms. The van der Waals surface area contributed by atoms with Crippen LogP contribution in [0.5, 0.6) is 0 Å². The molecular formula is C11H19N3OS. The van der Waals surface area contributed by atoms with E-state index < -0.39 is 10.8 Å². The van der Waals surface area contributed by atoms with E-state index >= 15 is 0 Å². The SMILES string of the molecule is CCNc1cc(NCC(C)S(C)=O)ccn1. The Labute approximate surface area is 99.3 Å². The van der Waals surface area contributed by atoms with Crippen LogP contribution in [0, 0.1) is 0 Å². The lowest BCUT2D eigenvalue weighted by atomic mass is 10.3. The number of pyridine rings is 1. The summed E-state index contributed by atoms with van der Waals surface area (Å²) in [5, 5.41) is 6.55. The lowest BCUT2D eigenvalue weighted by Crippen LogP contribution is -2.20. The van der Waals surface area contributed by atoms with Gasteiger partial charge in [0.1, 0.15) is 5.82 Å². The highest BCUT2D eigenvalue weighted by Gasteiger charge is 2.05. The molecule has 0 aliphatic rings. The van der Waals surface area contributed by atoms with Crippen LogP contribution in [-0.4, -0.2) is 33.8 Å². The first-order valence-corrected chi connectivity index (χ1v) is 7.01. The van der Waals surface area contributed by atoms with Crippen LogP contribution < -0.4 is 10.6 Å². The Morgan fingerprint density at radius 1 is 1.50 bits per heavy atom. The zero-order valence-corrected chi connectivity index (χ0v) is 10.8. The molecule has 2 unspecified atom stereocenters. The van der Waals surface area contributed by atoms with Gasteiger partial charge in [0.05, 0.1) is 0 Å². The molecule has 0 bridgehead atoms. The second-order valence-electron chi connectivity index (χ2n) is 3.65. The molecule has 0 aliphatic carbocycles. The number of anilines is 2. The predicted octanol–water partition coefficient (Wildman–Crippen LogP) is 1.69. The first-order valence-electron chi connectivity index (χ1n) is 5.39. The third-order valence-corrected chi connectivity index (χ3v) is 3.58. The molecule has 1 rings (SSSR count). The summed E-state index contributed by atoms with van der Waals surface area (Å²) in [6.45, 7) is 5.56. The summed E-state index contributed by atoms with van der Waals surface area (Å²) < 4.78 is 11.2. The first kappa shape index (κ1) is 13.0. The van der Waals surface area contributed by atoms with Gasteiger partial charge in [-0.15, -0.1) is 0 Å². The van der Waals surface area contributed by atoms with Crippen LogP contribution in [0.2, 0.25) is 0 Å². The van der Waals surface area contributed by atoms with Gasteiger partial charge in [0.25, 0.3) is 0 Å². The summed E-state index contributed by atoms with van der Waals surface area (Å²) in [7, 11) is -0.786. The number of hydrogen-bond acceptors (Lipinski definition) is 4. The maximum Gasteiger partial charge on any atom is 0.127 e. The fourth-order valence-corrected chi connectivity index (χ4v) is 1.52. The van der Waals surface area contributed by atoms with Crippen molar-refractivity contribution in [2.24, 2.45) is 0 Å². The van der Waals surface area contributed by atoms with E-state index in [2.05, 4.69) is 15.6 Å². The summed E-state index contributed by atoms with van der Waals surface area (Å²) in [6, 6.07) is 3.86. The Morgan fingerprint density at radius 3 is 2.88 bits per heavy atom. The Kier molecular flexibility index (Phi) is 5.25. The summed E-state index contributed by atoms with van der Waals surface area (Å²) in [5.41, 5.74) is 1.00. The topological polar surface area (TPSA) is 54.0 Å². The molecule has 1 aromatic rings. The third kappa shape index (κ3) is 4.18. The minimum absolute atomic E-state index is 0.149. The molecule has 0 radical (unpaired) electrons. The van der Waals surface area contributed by atoms with E-state index in [1.165, 1.54) is 0 Å². The molecule has 0 saturated carbocycles. The van der Waals surface area contributed by atoms with E-state index in [4.69, 9.17) is 0 Å². The van der Waals surface area contributed by atoms with Gasteiger partial charge in [-0.05, 0) is 19.9 Å². The zero-order chi connectivity index (χ0) is 12.0. The molecule has 1 aromatic heterocycles. The molecule has 5 heteroatoms. The highest BCUT2D eigenvalue weighted by molar-refractivity contribution is 7.84. The van der Waals surface area contributed by atoms with Gasteiger partial charge in [-0.3, -0.25) is 4.21 Å². The summed E-state index contributed by atoms with van der Waals surface area (Å²) in [4.78, 5) is 4.18. The van der Waals surface area contributed by atoms with Crippen molar-refractivity contribution in [3.8, 4) is 0 Å². The van der Waals surface area contributed by atoms with Gasteiger partial charge in [0.15, 0.2) is 0 Å². The Balaban J connectivity index is 2.53.